The lowest BCUT2D eigenvalue weighted by atomic mass is 10.1. The van der Waals surface area contributed by atoms with Crippen LogP contribution >= 0.6 is 0 Å². The summed E-state index contributed by atoms with van der Waals surface area (Å²) in [5, 5.41) is 16.2. The fraction of sp³-hybridized carbons (Fsp3) is 0.545. The quantitative estimate of drug-likeness (QED) is 0.318. The van der Waals surface area contributed by atoms with Crippen molar-refractivity contribution in [3.63, 3.8) is 0 Å². The number of aliphatic hydroxyl groups is 1. The molecule has 3 aliphatic rings. The van der Waals surface area contributed by atoms with Gasteiger partial charge in [0.15, 0.2) is 0 Å². The summed E-state index contributed by atoms with van der Waals surface area (Å²) < 4.78 is 2.54. The van der Waals surface area contributed by atoms with E-state index in [-0.39, 0.29) is 6.10 Å². The first-order valence-electron chi connectivity index (χ1n) is 15.8. The average molecular weight is 556 g/mol. The van der Waals surface area contributed by atoms with E-state index in [1.165, 1.54) is 59.4 Å². The molecule has 2 N–H and O–H groups in total. The predicted molar refractivity (Wildman–Crippen MR) is 170 cm³/mol. The molecule has 2 aromatic carbocycles. The van der Waals surface area contributed by atoms with E-state index in [2.05, 4.69) is 79.0 Å². The van der Waals surface area contributed by atoms with Gasteiger partial charge in [-0.15, -0.1) is 0 Å². The van der Waals surface area contributed by atoms with Gasteiger partial charge in [0, 0.05) is 88.5 Å². The van der Waals surface area contributed by atoms with E-state index >= 15 is 0 Å². The third kappa shape index (κ3) is 5.50. The first kappa shape index (κ1) is 27.0. The third-order valence-corrected chi connectivity index (χ3v) is 9.60. The molecule has 4 aromatic rings. The van der Waals surface area contributed by atoms with Crippen molar-refractivity contribution in [2.45, 2.75) is 38.3 Å². The molecule has 0 radical (unpaired) electrons. The van der Waals surface area contributed by atoms with Gasteiger partial charge in [-0.1, -0.05) is 18.2 Å². The SMILES string of the molecule is CN1CCN(CCCNc2ccc3c(c2)c2nc4ccccc4c4c2n3CCCN4CCN2CCC(O)CC2)CC1. The second-order valence-electron chi connectivity index (χ2n) is 12.4. The zero-order valence-electron chi connectivity index (χ0n) is 24.6. The molecule has 0 atom stereocenters. The molecular weight excluding hydrogens is 510 g/mol. The van der Waals surface area contributed by atoms with Gasteiger partial charge in [-0.3, -0.25) is 0 Å². The summed E-state index contributed by atoms with van der Waals surface area (Å²) in [7, 11) is 2.22. The number of nitrogens with zero attached hydrogens (tertiary/aromatic N) is 6. The summed E-state index contributed by atoms with van der Waals surface area (Å²) in [6.07, 6.45) is 3.93. The minimum absolute atomic E-state index is 0.125. The Labute approximate surface area is 243 Å². The monoisotopic (exact) mass is 555 g/mol. The first-order chi connectivity index (χ1) is 20.1. The maximum absolute atomic E-state index is 9.97. The highest BCUT2D eigenvalue weighted by Gasteiger charge is 2.26. The van der Waals surface area contributed by atoms with Crippen molar-refractivity contribution in [1.29, 1.82) is 0 Å². The van der Waals surface area contributed by atoms with Gasteiger partial charge in [-0.2, -0.15) is 0 Å². The zero-order chi connectivity index (χ0) is 27.8. The Morgan fingerprint density at radius 3 is 2.51 bits per heavy atom. The van der Waals surface area contributed by atoms with Crippen molar-refractivity contribution in [2.75, 3.05) is 89.3 Å². The normalized spacial score (nSPS) is 19.9. The van der Waals surface area contributed by atoms with Crippen LogP contribution in [0.3, 0.4) is 0 Å². The summed E-state index contributed by atoms with van der Waals surface area (Å²) in [6, 6.07) is 15.6. The number of fused-ring (bicyclic) bond motifs is 5. The maximum atomic E-state index is 9.97. The molecule has 8 heteroatoms. The Balaban J connectivity index is 1.17. The molecule has 0 saturated carbocycles. The van der Waals surface area contributed by atoms with Gasteiger partial charge in [0.25, 0.3) is 0 Å². The van der Waals surface area contributed by atoms with E-state index < -0.39 is 0 Å². The number of piperazine rings is 1. The highest BCUT2D eigenvalue weighted by atomic mass is 16.3. The molecule has 2 fully saturated rings. The van der Waals surface area contributed by atoms with E-state index in [1.54, 1.807) is 0 Å². The van der Waals surface area contributed by atoms with Crippen molar-refractivity contribution < 1.29 is 5.11 Å². The van der Waals surface area contributed by atoms with Crippen LogP contribution in [0.25, 0.3) is 32.8 Å². The van der Waals surface area contributed by atoms with Crippen LogP contribution < -0.4 is 10.2 Å². The van der Waals surface area contributed by atoms with Gasteiger partial charge >= 0.3 is 0 Å². The maximum Gasteiger partial charge on any atom is 0.0989 e. The molecule has 3 aliphatic heterocycles. The molecular formula is C33H45N7O. The predicted octanol–water partition coefficient (Wildman–Crippen LogP) is 4.06. The number of aliphatic hydroxyl groups excluding tert-OH is 1. The summed E-state index contributed by atoms with van der Waals surface area (Å²) >= 11 is 0. The lowest BCUT2D eigenvalue weighted by molar-refractivity contribution is 0.0838. The molecule has 0 spiro atoms. The van der Waals surface area contributed by atoms with Gasteiger partial charge in [-0.25, -0.2) is 4.98 Å². The number of para-hydroxylation sites is 1. The number of likely N-dealkylation sites (tertiary alicyclic amines) is 1. The second kappa shape index (κ2) is 11.8. The molecule has 2 saturated heterocycles. The number of nitrogens with one attached hydrogen (secondary N) is 1. The minimum atomic E-state index is -0.125. The Morgan fingerprint density at radius 1 is 0.854 bits per heavy atom. The highest BCUT2D eigenvalue weighted by Crippen LogP contribution is 2.41. The van der Waals surface area contributed by atoms with Crippen LogP contribution in [-0.4, -0.2) is 115 Å². The van der Waals surface area contributed by atoms with Gasteiger partial charge < -0.3 is 34.6 Å². The number of anilines is 2. The zero-order valence-corrected chi connectivity index (χ0v) is 24.6. The van der Waals surface area contributed by atoms with Crippen LogP contribution in [0, 0.1) is 0 Å². The van der Waals surface area contributed by atoms with Crippen LogP contribution in [0.2, 0.25) is 0 Å². The lowest BCUT2D eigenvalue weighted by Gasteiger charge is -2.32. The second-order valence-corrected chi connectivity index (χ2v) is 12.4. The summed E-state index contributed by atoms with van der Waals surface area (Å²) in [4.78, 5) is 15.4. The smallest absolute Gasteiger partial charge is 0.0989 e. The summed E-state index contributed by atoms with van der Waals surface area (Å²) in [5.41, 5.74) is 7.32. The lowest BCUT2D eigenvalue weighted by Crippen LogP contribution is -2.44. The van der Waals surface area contributed by atoms with E-state index in [0.717, 1.165) is 89.1 Å². The first-order valence-corrected chi connectivity index (χ1v) is 15.8. The van der Waals surface area contributed by atoms with Crippen molar-refractivity contribution >= 4 is 44.2 Å². The number of hydrogen-bond donors (Lipinski definition) is 2. The third-order valence-electron chi connectivity index (χ3n) is 9.60. The van der Waals surface area contributed by atoms with Crippen molar-refractivity contribution in [3.05, 3.63) is 42.5 Å². The number of aryl methyl sites for hydroxylation is 1. The van der Waals surface area contributed by atoms with Gasteiger partial charge in [0.05, 0.1) is 33.9 Å². The molecule has 218 valence electrons. The number of hydrogen-bond acceptors (Lipinski definition) is 7. The minimum Gasteiger partial charge on any atom is -0.393 e. The molecule has 8 nitrogen and oxygen atoms in total. The number of aromatic nitrogens is 2. The Bertz CT molecular complexity index is 1500. The molecule has 2 aromatic heterocycles. The van der Waals surface area contributed by atoms with E-state index in [0.29, 0.717) is 0 Å². The van der Waals surface area contributed by atoms with Gasteiger partial charge in [0.1, 0.15) is 0 Å². The van der Waals surface area contributed by atoms with E-state index in [1.807, 2.05) is 0 Å². The van der Waals surface area contributed by atoms with Crippen LogP contribution in [0.4, 0.5) is 11.4 Å². The molecule has 41 heavy (non-hydrogen) atoms. The van der Waals surface area contributed by atoms with Crippen molar-refractivity contribution in [2.24, 2.45) is 0 Å². The van der Waals surface area contributed by atoms with E-state index in [9.17, 15) is 5.11 Å². The largest absolute Gasteiger partial charge is 0.393 e. The Hall–Kier alpha value is -2.91. The van der Waals surface area contributed by atoms with E-state index in [4.69, 9.17) is 4.98 Å². The molecule has 7 rings (SSSR count). The molecule has 0 unspecified atom stereocenters. The number of rotatable bonds is 8. The fourth-order valence-corrected chi connectivity index (χ4v) is 7.14. The van der Waals surface area contributed by atoms with Gasteiger partial charge in [-0.05, 0) is 63.5 Å². The Kier molecular flexibility index (Phi) is 7.73. The van der Waals surface area contributed by atoms with Crippen LogP contribution in [-0.2, 0) is 6.54 Å². The molecule has 0 bridgehead atoms. The number of benzene rings is 2. The highest BCUT2D eigenvalue weighted by molar-refractivity contribution is 6.17. The fourth-order valence-electron chi connectivity index (χ4n) is 7.14. The molecule has 5 heterocycles. The number of likely N-dealkylation sites (N-methyl/N-ethyl adjacent to an activating group) is 1. The number of pyridine rings is 1. The van der Waals surface area contributed by atoms with Crippen LogP contribution in [0.15, 0.2) is 42.5 Å². The van der Waals surface area contributed by atoms with Crippen LogP contribution in [0.5, 0.6) is 0 Å². The van der Waals surface area contributed by atoms with Crippen molar-refractivity contribution in [3.8, 4) is 0 Å². The van der Waals surface area contributed by atoms with Gasteiger partial charge in [0.2, 0.25) is 0 Å². The van der Waals surface area contributed by atoms with Crippen LogP contribution in [0.1, 0.15) is 25.7 Å². The number of piperidine rings is 1. The topological polar surface area (TPSA) is 63.0 Å². The molecule has 0 aliphatic carbocycles. The standard InChI is InChI=1S/C33H45N7O/c1-36-18-20-37(21-19-36)13-4-12-34-25-8-9-30-28(24-25)31-33-32(27-6-2-3-7-29(27)35-31)39(14-5-15-40(30)33)23-22-38-16-10-26(41)11-17-38/h2-3,6-9,24,26,34,41H,4-5,10-23H2,1H3. The average Bonchev–Trinajstić information content (AvgIpc) is 3.16. The van der Waals surface area contributed by atoms with Crippen molar-refractivity contribution in [1.82, 2.24) is 24.3 Å². The molecule has 0 amide bonds. The summed E-state index contributed by atoms with van der Waals surface area (Å²) in [5.74, 6) is 0. The Morgan fingerprint density at radius 2 is 1.66 bits per heavy atom. The summed E-state index contributed by atoms with van der Waals surface area (Å²) in [6.45, 7) is 13.0.